The van der Waals surface area contributed by atoms with Gasteiger partial charge in [0.1, 0.15) is 13.2 Å². The van der Waals surface area contributed by atoms with Gasteiger partial charge in [-0.05, 0) is 24.3 Å². The molecule has 8 nitrogen and oxygen atoms in total. The maximum Gasteiger partial charge on any atom is 0.255 e. The lowest BCUT2D eigenvalue weighted by Gasteiger charge is -2.19. The van der Waals surface area contributed by atoms with E-state index in [9.17, 15) is 9.59 Å². The number of nitrogens with two attached hydrogens (primary N) is 1. The summed E-state index contributed by atoms with van der Waals surface area (Å²) in [6.07, 6.45) is 0. The summed E-state index contributed by atoms with van der Waals surface area (Å²) >= 11 is 0. The fourth-order valence-corrected chi connectivity index (χ4v) is 2.57. The summed E-state index contributed by atoms with van der Waals surface area (Å²) in [4.78, 5) is 24.3. The highest BCUT2D eigenvalue weighted by molar-refractivity contribution is 6.09. The summed E-state index contributed by atoms with van der Waals surface area (Å²) in [6.45, 7) is 0.881. The summed E-state index contributed by atoms with van der Waals surface area (Å²) in [6, 6.07) is 7.74. The molecule has 8 heteroatoms. The molecule has 0 saturated heterocycles. The van der Waals surface area contributed by atoms with E-state index in [4.69, 9.17) is 24.7 Å². The van der Waals surface area contributed by atoms with Gasteiger partial charge in [-0.1, -0.05) is 0 Å². The quantitative estimate of drug-likeness (QED) is 0.844. The molecule has 1 aliphatic heterocycles. The highest BCUT2D eigenvalue weighted by atomic mass is 16.6. The highest BCUT2D eigenvalue weighted by Gasteiger charge is 2.19. The monoisotopic (exact) mass is 358 g/mol. The summed E-state index contributed by atoms with van der Waals surface area (Å²) in [5, 5.41) is 2.67. The summed E-state index contributed by atoms with van der Waals surface area (Å²) in [5.41, 5.74) is 6.08. The van der Waals surface area contributed by atoms with Gasteiger partial charge in [-0.25, -0.2) is 0 Å². The van der Waals surface area contributed by atoms with Gasteiger partial charge in [0.2, 0.25) is 0 Å². The van der Waals surface area contributed by atoms with Crippen molar-refractivity contribution in [3.63, 3.8) is 0 Å². The Kier molecular flexibility index (Phi) is 4.83. The van der Waals surface area contributed by atoms with Crippen molar-refractivity contribution in [3.05, 3.63) is 41.5 Å². The van der Waals surface area contributed by atoms with E-state index in [1.165, 1.54) is 26.4 Å². The van der Waals surface area contributed by atoms with Gasteiger partial charge in [0, 0.05) is 11.6 Å². The Morgan fingerprint density at radius 1 is 1.00 bits per heavy atom. The number of primary amides is 1. The summed E-state index contributed by atoms with van der Waals surface area (Å²) < 4.78 is 21.3. The van der Waals surface area contributed by atoms with Gasteiger partial charge in [-0.2, -0.15) is 0 Å². The van der Waals surface area contributed by atoms with Crippen molar-refractivity contribution in [3.8, 4) is 23.0 Å². The van der Waals surface area contributed by atoms with E-state index in [0.717, 1.165) is 0 Å². The Labute approximate surface area is 149 Å². The number of anilines is 1. The van der Waals surface area contributed by atoms with Gasteiger partial charge in [0.25, 0.3) is 11.8 Å². The largest absolute Gasteiger partial charge is 0.493 e. The van der Waals surface area contributed by atoms with E-state index >= 15 is 0 Å². The van der Waals surface area contributed by atoms with Crippen LogP contribution in [-0.4, -0.2) is 39.2 Å². The van der Waals surface area contributed by atoms with Crippen molar-refractivity contribution in [1.82, 2.24) is 0 Å². The zero-order chi connectivity index (χ0) is 18.7. The SMILES string of the molecule is COc1cc(NC(=O)c2ccc3c(c2)OCCO3)c(C(N)=O)cc1OC. The lowest BCUT2D eigenvalue weighted by molar-refractivity contribution is 0.100. The molecule has 0 fully saturated rings. The molecule has 136 valence electrons. The average molecular weight is 358 g/mol. The molecule has 0 saturated carbocycles. The molecule has 0 aliphatic carbocycles. The molecular weight excluding hydrogens is 340 g/mol. The fourth-order valence-electron chi connectivity index (χ4n) is 2.57. The number of carbonyl (C=O) groups excluding carboxylic acids is 2. The van der Waals surface area contributed by atoms with E-state index < -0.39 is 11.8 Å². The van der Waals surface area contributed by atoms with E-state index in [2.05, 4.69) is 5.32 Å². The van der Waals surface area contributed by atoms with Crippen molar-refractivity contribution in [1.29, 1.82) is 0 Å². The second kappa shape index (κ2) is 7.22. The molecule has 0 unspecified atom stereocenters. The second-order valence-electron chi connectivity index (χ2n) is 5.43. The number of ether oxygens (including phenoxy) is 4. The molecule has 3 rings (SSSR count). The first-order valence-electron chi connectivity index (χ1n) is 7.80. The van der Waals surface area contributed by atoms with Gasteiger partial charge < -0.3 is 30.0 Å². The standard InChI is InChI=1S/C18H18N2O6/c1-23-14-8-11(17(19)21)12(9-15(14)24-2)20-18(22)10-3-4-13-16(7-10)26-6-5-25-13/h3-4,7-9H,5-6H2,1-2H3,(H2,19,21)(H,20,22). The molecule has 0 bridgehead atoms. The lowest BCUT2D eigenvalue weighted by Crippen LogP contribution is -2.19. The fraction of sp³-hybridized carbons (Fsp3) is 0.222. The van der Waals surface area contributed by atoms with Crippen LogP contribution in [0.15, 0.2) is 30.3 Å². The second-order valence-corrected chi connectivity index (χ2v) is 5.43. The number of rotatable bonds is 5. The Bertz CT molecular complexity index is 865. The lowest BCUT2D eigenvalue weighted by atomic mass is 10.1. The average Bonchev–Trinajstić information content (AvgIpc) is 2.66. The maximum absolute atomic E-state index is 12.6. The topological polar surface area (TPSA) is 109 Å². The van der Waals surface area contributed by atoms with Gasteiger partial charge in [-0.15, -0.1) is 0 Å². The van der Waals surface area contributed by atoms with Crippen molar-refractivity contribution in [2.24, 2.45) is 5.73 Å². The molecule has 0 radical (unpaired) electrons. The third kappa shape index (κ3) is 3.34. The molecule has 0 aromatic heterocycles. The van der Waals surface area contributed by atoms with Crippen LogP contribution >= 0.6 is 0 Å². The van der Waals surface area contributed by atoms with Gasteiger partial charge in [0.05, 0.1) is 25.5 Å². The first-order chi connectivity index (χ1) is 12.5. The zero-order valence-corrected chi connectivity index (χ0v) is 14.3. The zero-order valence-electron chi connectivity index (χ0n) is 14.3. The number of carbonyl (C=O) groups is 2. The Balaban J connectivity index is 1.92. The molecule has 1 heterocycles. The van der Waals surface area contributed by atoms with Crippen LogP contribution in [0.5, 0.6) is 23.0 Å². The minimum atomic E-state index is -0.705. The Morgan fingerprint density at radius 2 is 1.65 bits per heavy atom. The number of hydrogen-bond donors (Lipinski definition) is 2. The minimum Gasteiger partial charge on any atom is -0.493 e. The Morgan fingerprint density at radius 3 is 2.31 bits per heavy atom. The van der Waals surface area contributed by atoms with Crippen molar-refractivity contribution in [2.75, 3.05) is 32.8 Å². The predicted octanol–water partition coefficient (Wildman–Crippen LogP) is 1.83. The van der Waals surface area contributed by atoms with Crippen molar-refractivity contribution >= 4 is 17.5 Å². The van der Waals surface area contributed by atoms with Gasteiger partial charge in [-0.3, -0.25) is 9.59 Å². The molecular formula is C18H18N2O6. The molecule has 2 aromatic carbocycles. The van der Waals surface area contributed by atoms with Crippen molar-refractivity contribution < 1.29 is 28.5 Å². The number of hydrogen-bond acceptors (Lipinski definition) is 6. The van der Waals surface area contributed by atoms with Crippen LogP contribution in [0.25, 0.3) is 0 Å². The normalized spacial score (nSPS) is 12.2. The number of fused-ring (bicyclic) bond motifs is 1. The molecule has 2 amide bonds. The van der Waals surface area contributed by atoms with Gasteiger partial charge >= 0.3 is 0 Å². The van der Waals surface area contributed by atoms with Crippen LogP contribution in [0.1, 0.15) is 20.7 Å². The summed E-state index contributed by atoms with van der Waals surface area (Å²) in [7, 11) is 2.89. The third-order valence-corrected chi connectivity index (χ3v) is 3.84. The first-order valence-corrected chi connectivity index (χ1v) is 7.80. The summed E-state index contributed by atoms with van der Waals surface area (Å²) in [5.74, 6) is 0.622. The smallest absolute Gasteiger partial charge is 0.255 e. The Hall–Kier alpha value is -3.42. The van der Waals surface area contributed by atoms with Crippen LogP contribution in [0.4, 0.5) is 5.69 Å². The van der Waals surface area contributed by atoms with Crippen LogP contribution in [0, 0.1) is 0 Å². The van der Waals surface area contributed by atoms with E-state index in [1.807, 2.05) is 0 Å². The van der Waals surface area contributed by atoms with E-state index in [0.29, 0.717) is 41.8 Å². The molecule has 2 aromatic rings. The molecule has 0 atom stereocenters. The highest BCUT2D eigenvalue weighted by Crippen LogP contribution is 2.34. The first kappa shape index (κ1) is 17.4. The molecule has 3 N–H and O–H groups in total. The van der Waals surface area contributed by atoms with Crippen LogP contribution < -0.4 is 30.0 Å². The van der Waals surface area contributed by atoms with Crippen molar-refractivity contribution in [2.45, 2.75) is 0 Å². The minimum absolute atomic E-state index is 0.105. The van der Waals surface area contributed by atoms with Crippen LogP contribution in [0.3, 0.4) is 0 Å². The molecule has 26 heavy (non-hydrogen) atoms. The predicted molar refractivity (Wildman–Crippen MR) is 93.4 cm³/mol. The van der Waals surface area contributed by atoms with Crippen LogP contribution in [0.2, 0.25) is 0 Å². The third-order valence-electron chi connectivity index (χ3n) is 3.84. The van der Waals surface area contributed by atoms with E-state index in [-0.39, 0.29) is 11.3 Å². The molecule has 1 aliphatic rings. The van der Waals surface area contributed by atoms with E-state index in [1.54, 1.807) is 18.2 Å². The van der Waals surface area contributed by atoms with Crippen LogP contribution in [-0.2, 0) is 0 Å². The number of nitrogens with one attached hydrogen (secondary N) is 1. The number of benzene rings is 2. The number of methoxy groups -OCH3 is 2. The maximum atomic E-state index is 12.6. The van der Waals surface area contributed by atoms with Gasteiger partial charge in [0.15, 0.2) is 23.0 Å². The number of amides is 2. The molecule has 0 spiro atoms.